The Hall–Kier alpha value is -3.13. The van der Waals surface area contributed by atoms with E-state index in [9.17, 15) is 26.0 Å². The number of hydrogen-bond acceptors (Lipinski definition) is 2. The Balaban J connectivity index is 1.89. The summed E-state index contributed by atoms with van der Waals surface area (Å²) >= 11 is 0. The second kappa shape index (κ2) is 8.09. The Morgan fingerprint density at radius 1 is 0.906 bits per heavy atom. The zero-order chi connectivity index (χ0) is 23.1. The molecule has 1 atom stereocenters. The first-order valence-corrected chi connectivity index (χ1v) is 11.8. The van der Waals surface area contributed by atoms with Gasteiger partial charge in [-0.1, -0.05) is 42.5 Å². The van der Waals surface area contributed by atoms with Crippen molar-refractivity contribution in [1.29, 1.82) is 0 Å². The lowest BCUT2D eigenvalue weighted by molar-refractivity contribution is -0.137. The number of fused-ring (bicyclic) bond motifs is 1. The molecule has 0 spiro atoms. The molecule has 0 bridgehead atoms. The van der Waals surface area contributed by atoms with E-state index >= 15 is 0 Å². The summed E-state index contributed by atoms with van der Waals surface area (Å²) in [5, 5.41) is 0.750. The van der Waals surface area contributed by atoms with Crippen LogP contribution in [0.2, 0.25) is 0 Å². The number of aromatic nitrogens is 1. The molecule has 0 radical (unpaired) electrons. The highest BCUT2D eigenvalue weighted by molar-refractivity contribution is 7.89. The molecule has 0 saturated heterocycles. The van der Waals surface area contributed by atoms with Crippen LogP contribution < -0.4 is 0 Å². The summed E-state index contributed by atoms with van der Waals surface area (Å²) in [6.07, 6.45) is -1.58. The van der Waals surface area contributed by atoms with Gasteiger partial charge in [-0.05, 0) is 46.5 Å². The van der Waals surface area contributed by atoms with Gasteiger partial charge in [0, 0.05) is 29.3 Å². The van der Waals surface area contributed by atoms with E-state index in [1.165, 1.54) is 24.3 Å². The van der Waals surface area contributed by atoms with Gasteiger partial charge in [-0.25, -0.2) is 12.8 Å². The number of H-pyrrole nitrogens is 1. The van der Waals surface area contributed by atoms with E-state index in [-0.39, 0.29) is 5.75 Å². The summed E-state index contributed by atoms with van der Waals surface area (Å²) in [6.45, 7) is 0. The Bertz CT molecular complexity index is 1360. The van der Waals surface area contributed by atoms with Gasteiger partial charge in [0.05, 0.1) is 11.3 Å². The monoisotopic (exact) mass is 461 g/mol. The van der Waals surface area contributed by atoms with Crippen LogP contribution in [-0.2, 0) is 21.8 Å². The summed E-state index contributed by atoms with van der Waals surface area (Å²) in [6, 6.07) is 16.0. The number of aromatic amines is 1. The quantitative estimate of drug-likeness (QED) is 0.368. The number of para-hydroxylation sites is 1. The predicted octanol–water partition coefficient (Wildman–Crippen LogP) is 6.05. The molecule has 4 aromatic rings. The van der Waals surface area contributed by atoms with Gasteiger partial charge in [0.1, 0.15) is 5.82 Å². The largest absolute Gasteiger partial charge is 0.416 e. The molecule has 0 amide bonds. The molecule has 3 nitrogen and oxygen atoms in total. The standard InChI is InChI=1S/C24H19F4NO2S/c1-32(30,31)14-17-3-2-4-20-21(13-29-23(17)20)22(16-7-11-19(25)12-8-16)15-5-9-18(10-6-15)24(26,27)28/h2-13,22,29H,14H2,1H3. The fraction of sp³-hybridized carbons (Fsp3) is 0.167. The molecule has 4 rings (SSSR count). The molecule has 3 aromatic carbocycles. The number of alkyl halides is 3. The number of rotatable bonds is 5. The van der Waals surface area contributed by atoms with E-state index in [0.717, 1.165) is 29.3 Å². The summed E-state index contributed by atoms with van der Waals surface area (Å²) in [5.41, 5.74) is 2.53. The van der Waals surface area contributed by atoms with Crippen molar-refractivity contribution >= 4 is 20.7 Å². The topological polar surface area (TPSA) is 49.9 Å². The number of nitrogens with one attached hydrogen (secondary N) is 1. The predicted molar refractivity (Wildman–Crippen MR) is 116 cm³/mol. The van der Waals surface area contributed by atoms with Crippen molar-refractivity contribution in [3.05, 3.63) is 107 Å². The van der Waals surface area contributed by atoms with Gasteiger partial charge in [-0.2, -0.15) is 13.2 Å². The number of hydrogen-bond donors (Lipinski definition) is 1. The molecule has 1 N–H and O–H groups in total. The molecule has 1 unspecified atom stereocenters. The molecule has 0 saturated carbocycles. The van der Waals surface area contributed by atoms with Gasteiger partial charge >= 0.3 is 6.18 Å². The van der Waals surface area contributed by atoms with Crippen LogP contribution >= 0.6 is 0 Å². The Morgan fingerprint density at radius 3 is 2.06 bits per heavy atom. The first-order valence-electron chi connectivity index (χ1n) is 9.72. The molecule has 1 aromatic heterocycles. The maximum absolute atomic E-state index is 13.6. The minimum atomic E-state index is -4.45. The van der Waals surface area contributed by atoms with E-state index in [2.05, 4.69) is 4.98 Å². The third kappa shape index (κ3) is 4.55. The minimum absolute atomic E-state index is 0.147. The van der Waals surface area contributed by atoms with Crippen LogP contribution in [-0.4, -0.2) is 19.7 Å². The van der Waals surface area contributed by atoms with Crippen LogP contribution in [0.15, 0.2) is 72.9 Å². The van der Waals surface area contributed by atoms with Crippen molar-refractivity contribution in [1.82, 2.24) is 4.98 Å². The molecule has 1 heterocycles. The fourth-order valence-electron chi connectivity index (χ4n) is 3.95. The lowest BCUT2D eigenvalue weighted by Gasteiger charge is -2.19. The molecule has 0 aliphatic carbocycles. The van der Waals surface area contributed by atoms with E-state index in [1.54, 1.807) is 30.5 Å². The number of benzene rings is 3. The van der Waals surface area contributed by atoms with Crippen LogP contribution in [0.5, 0.6) is 0 Å². The van der Waals surface area contributed by atoms with Crippen molar-refractivity contribution in [2.45, 2.75) is 17.8 Å². The van der Waals surface area contributed by atoms with E-state index in [4.69, 9.17) is 0 Å². The minimum Gasteiger partial charge on any atom is -0.361 e. The van der Waals surface area contributed by atoms with E-state index in [1.807, 2.05) is 6.07 Å². The first kappa shape index (κ1) is 22.1. The third-order valence-electron chi connectivity index (χ3n) is 5.34. The zero-order valence-electron chi connectivity index (χ0n) is 16.9. The van der Waals surface area contributed by atoms with Crippen LogP contribution in [0.4, 0.5) is 17.6 Å². The van der Waals surface area contributed by atoms with Gasteiger partial charge in [-0.15, -0.1) is 0 Å². The molecule has 0 aliphatic rings. The van der Waals surface area contributed by atoms with Gasteiger partial charge < -0.3 is 4.98 Å². The molecule has 0 fully saturated rings. The Kier molecular flexibility index (Phi) is 5.58. The van der Waals surface area contributed by atoms with E-state index in [0.29, 0.717) is 22.2 Å². The van der Waals surface area contributed by atoms with Crippen molar-refractivity contribution < 1.29 is 26.0 Å². The van der Waals surface area contributed by atoms with Crippen LogP contribution in [0.25, 0.3) is 10.9 Å². The lowest BCUT2D eigenvalue weighted by atomic mass is 9.84. The number of halogens is 4. The molecule has 8 heteroatoms. The molecular formula is C24H19F4NO2S. The van der Waals surface area contributed by atoms with Gasteiger partial charge in [0.15, 0.2) is 9.84 Å². The lowest BCUT2D eigenvalue weighted by Crippen LogP contribution is -2.07. The highest BCUT2D eigenvalue weighted by Crippen LogP contribution is 2.38. The summed E-state index contributed by atoms with van der Waals surface area (Å²) in [4.78, 5) is 3.13. The Morgan fingerprint density at radius 2 is 1.50 bits per heavy atom. The second-order valence-corrected chi connectivity index (χ2v) is 9.90. The number of sulfone groups is 1. The van der Waals surface area contributed by atoms with E-state index < -0.39 is 33.3 Å². The normalized spacial score (nSPS) is 13.4. The summed E-state index contributed by atoms with van der Waals surface area (Å²) < 4.78 is 76.4. The van der Waals surface area contributed by atoms with Crippen LogP contribution in [0.1, 0.15) is 33.7 Å². The van der Waals surface area contributed by atoms with Crippen LogP contribution in [0.3, 0.4) is 0 Å². The maximum atomic E-state index is 13.6. The van der Waals surface area contributed by atoms with Crippen molar-refractivity contribution in [2.24, 2.45) is 0 Å². The molecule has 166 valence electrons. The van der Waals surface area contributed by atoms with Crippen molar-refractivity contribution in [2.75, 3.05) is 6.26 Å². The molecular weight excluding hydrogens is 442 g/mol. The van der Waals surface area contributed by atoms with Crippen molar-refractivity contribution in [3.63, 3.8) is 0 Å². The summed E-state index contributed by atoms with van der Waals surface area (Å²) in [7, 11) is -3.28. The average Bonchev–Trinajstić information content (AvgIpc) is 3.13. The first-order chi connectivity index (χ1) is 15.0. The summed E-state index contributed by atoms with van der Waals surface area (Å²) in [5.74, 6) is -1.05. The average molecular weight is 461 g/mol. The second-order valence-electron chi connectivity index (χ2n) is 7.76. The highest BCUT2D eigenvalue weighted by Gasteiger charge is 2.31. The van der Waals surface area contributed by atoms with Gasteiger partial charge in [0.25, 0.3) is 0 Å². The maximum Gasteiger partial charge on any atom is 0.416 e. The molecule has 0 aliphatic heterocycles. The van der Waals surface area contributed by atoms with Crippen LogP contribution in [0, 0.1) is 5.82 Å². The highest BCUT2D eigenvalue weighted by atomic mass is 32.2. The fourth-order valence-corrected chi connectivity index (χ4v) is 4.76. The van der Waals surface area contributed by atoms with Crippen molar-refractivity contribution in [3.8, 4) is 0 Å². The molecule has 32 heavy (non-hydrogen) atoms. The Labute approximate surface area is 182 Å². The zero-order valence-corrected chi connectivity index (χ0v) is 17.8. The SMILES string of the molecule is CS(=O)(=O)Cc1cccc2c(C(c3ccc(F)cc3)c3ccc(C(F)(F)F)cc3)c[nH]c12. The third-order valence-corrected chi connectivity index (χ3v) is 6.17. The van der Waals surface area contributed by atoms with Gasteiger partial charge in [-0.3, -0.25) is 0 Å². The smallest absolute Gasteiger partial charge is 0.361 e. The van der Waals surface area contributed by atoms with Gasteiger partial charge in [0.2, 0.25) is 0 Å².